The molecular weight excluding hydrogens is 324 g/mol. The molecule has 26 heavy (non-hydrogen) atoms. The predicted octanol–water partition coefficient (Wildman–Crippen LogP) is 3.57. The maximum atomic E-state index is 12.5. The maximum Gasteiger partial charge on any atom is 0.229 e. The van der Waals surface area contributed by atoms with E-state index in [1.807, 2.05) is 29.1 Å². The number of hydrogen-bond acceptors (Lipinski definition) is 3. The fourth-order valence-corrected chi connectivity index (χ4v) is 3.32. The molecule has 1 fully saturated rings. The summed E-state index contributed by atoms with van der Waals surface area (Å²) in [6.07, 6.45) is 7.30. The van der Waals surface area contributed by atoms with Crippen molar-refractivity contribution in [1.82, 2.24) is 14.8 Å². The summed E-state index contributed by atoms with van der Waals surface area (Å²) in [6, 6.07) is 14.3. The molecule has 0 unspecified atom stereocenters. The Morgan fingerprint density at radius 2 is 2.08 bits per heavy atom. The highest BCUT2D eigenvalue weighted by molar-refractivity contribution is 5.94. The number of carbonyl (C=O) groups is 1. The van der Waals surface area contributed by atoms with Crippen molar-refractivity contribution >= 4 is 11.7 Å². The van der Waals surface area contributed by atoms with E-state index in [2.05, 4.69) is 46.6 Å². The maximum absolute atomic E-state index is 12.5. The highest BCUT2D eigenvalue weighted by Crippen LogP contribution is 2.48. The van der Waals surface area contributed by atoms with Gasteiger partial charge in [0, 0.05) is 37.1 Å². The minimum Gasteiger partial charge on any atom is -0.309 e. The van der Waals surface area contributed by atoms with Gasteiger partial charge < -0.3 is 5.32 Å². The number of aromatic nitrogens is 3. The summed E-state index contributed by atoms with van der Waals surface area (Å²) in [7, 11) is 0. The molecule has 1 aliphatic rings. The minimum atomic E-state index is 0.0544. The standard InChI is InChI=1S/C21H22N4O/c1-15-3-2-4-17(13-15)18-14-19(18)21(26)23-20-8-12-25(24-20)11-7-16-5-9-22-10-6-16/h2-6,8-10,12-13,18-19H,7,11,14H2,1H3,(H,23,24,26)/t18-,19+/m1/s1. The van der Waals surface area contributed by atoms with E-state index in [4.69, 9.17) is 0 Å². The molecule has 0 aliphatic heterocycles. The van der Waals surface area contributed by atoms with Crippen LogP contribution in [0.1, 0.15) is 29.0 Å². The molecular formula is C21H22N4O. The van der Waals surface area contributed by atoms with Crippen molar-refractivity contribution in [3.63, 3.8) is 0 Å². The third-order valence-corrected chi connectivity index (χ3v) is 4.87. The second kappa shape index (κ2) is 7.12. The largest absolute Gasteiger partial charge is 0.309 e. The second-order valence-corrected chi connectivity index (χ2v) is 6.92. The van der Waals surface area contributed by atoms with E-state index in [1.54, 1.807) is 12.4 Å². The van der Waals surface area contributed by atoms with Crippen molar-refractivity contribution in [2.45, 2.75) is 32.2 Å². The van der Waals surface area contributed by atoms with Gasteiger partial charge in [-0.05, 0) is 48.9 Å². The van der Waals surface area contributed by atoms with Gasteiger partial charge in [0.05, 0.1) is 0 Å². The molecule has 1 amide bonds. The number of aryl methyl sites for hydroxylation is 3. The molecule has 1 saturated carbocycles. The summed E-state index contributed by atoms with van der Waals surface area (Å²) >= 11 is 0. The van der Waals surface area contributed by atoms with Crippen LogP contribution in [0, 0.1) is 12.8 Å². The number of amides is 1. The van der Waals surface area contributed by atoms with Crippen molar-refractivity contribution in [1.29, 1.82) is 0 Å². The van der Waals surface area contributed by atoms with Crippen LogP contribution >= 0.6 is 0 Å². The summed E-state index contributed by atoms with van der Waals surface area (Å²) in [5, 5.41) is 7.41. The predicted molar refractivity (Wildman–Crippen MR) is 101 cm³/mol. The van der Waals surface area contributed by atoms with Crippen LogP contribution in [0.15, 0.2) is 61.1 Å². The molecule has 1 N–H and O–H groups in total. The van der Waals surface area contributed by atoms with E-state index < -0.39 is 0 Å². The summed E-state index contributed by atoms with van der Waals surface area (Å²) in [4.78, 5) is 16.5. The van der Waals surface area contributed by atoms with Crippen molar-refractivity contribution in [2.24, 2.45) is 5.92 Å². The van der Waals surface area contributed by atoms with E-state index in [9.17, 15) is 4.79 Å². The van der Waals surface area contributed by atoms with Gasteiger partial charge in [-0.3, -0.25) is 14.5 Å². The highest BCUT2D eigenvalue weighted by Gasteiger charge is 2.44. The van der Waals surface area contributed by atoms with Gasteiger partial charge in [0.15, 0.2) is 5.82 Å². The zero-order chi connectivity index (χ0) is 17.9. The highest BCUT2D eigenvalue weighted by atomic mass is 16.2. The van der Waals surface area contributed by atoms with Gasteiger partial charge in [0.2, 0.25) is 5.91 Å². The molecule has 3 aromatic rings. The molecule has 5 heteroatoms. The molecule has 0 radical (unpaired) electrons. The third kappa shape index (κ3) is 3.82. The Morgan fingerprint density at radius 1 is 1.23 bits per heavy atom. The molecule has 0 bridgehead atoms. The first kappa shape index (κ1) is 16.5. The van der Waals surface area contributed by atoms with Gasteiger partial charge in [-0.2, -0.15) is 5.10 Å². The normalized spacial score (nSPS) is 18.5. The first-order chi connectivity index (χ1) is 12.7. The Bertz CT molecular complexity index is 903. The van der Waals surface area contributed by atoms with Crippen LogP contribution in [0.2, 0.25) is 0 Å². The van der Waals surface area contributed by atoms with Crippen molar-refractivity contribution in [3.05, 3.63) is 77.7 Å². The Labute approximate surface area is 153 Å². The van der Waals surface area contributed by atoms with Gasteiger partial charge in [0.25, 0.3) is 0 Å². The zero-order valence-electron chi connectivity index (χ0n) is 14.8. The molecule has 2 atom stereocenters. The van der Waals surface area contributed by atoms with Gasteiger partial charge in [0.1, 0.15) is 0 Å². The van der Waals surface area contributed by atoms with Crippen molar-refractivity contribution < 1.29 is 4.79 Å². The first-order valence-electron chi connectivity index (χ1n) is 8.99. The molecule has 132 valence electrons. The summed E-state index contributed by atoms with van der Waals surface area (Å²) < 4.78 is 1.86. The van der Waals surface area contributed by atoms with E-state index in [1.165, 1.54) is 16.7 Å². The van der Waals surface area contributed by atoms with Crippen LogP contribution in [0.5, 0.6) is 0 Å². The Balaban J connectivity index is 1.31. The molecule has 0 spiro atoms. The smallest absolute Gasteiger partial charge is 0.229 e. The number of rotatable bonds is 6. The molecule has 1 aromatic carbocycles. The Hall–Kier alpha value is -2.95. The third-order valence-electron chi connectivity index (χ3n) is 4.87. The van der Waals surface area contributed by atoms with Gasteiger partial charge in [-0.15, -0.1) is 0 Å². The minimum absolute atomic E-state index is 0.0544. The van der Waals surface area contributed by atoms with Crippen LogP contribution in [-0.4, -0.2) is 20.7 Å². The lowest BCUT2D eigenvalue weighted by atomic mass is 10.1. The van der Waals surface area contributed by atoms with Gasteiger partial charge in [-0.1, -0.05) is 29.8 Å². The van der Waals surface area contributed by atoms with Gasteiger partial charge >= 0.3 is 0 Å². The monoisotopic (exact) mass is 346 g/mol. The van der Waals surface area contributed by atoms with Crippen molar-refractivity contribution in [3.8, 4) is 0 Å². The molecule has 0 saturated heterocycles. The van der Waals surface area contributed by atoms with Crippen LogP contribution in [0.4, 0.5) is 5.82 Å². The molecule has 2 aromatic heterocycles. The first-order valence-corrected chi connectivity index (χ1v) is 8.99. The number of pyridine rings is 1. The molecule has 2 heterocycles. The Kier molecular flexibility index (Phi) is 4.52. The average Bonchev–Trinajstić information content (AvgIpc) is 3.35. The number of benzene rings is 1. The van der Waals surface area contributed by atoms with E-state index in [-0.39, 0.29) is 11.8 Å². The number of nitrogens with one attached hydrogen (secondary N) is 1. The fourth-order valence-electron chi connectivity index (χ4n) is 3.32. The number of hydrogen-bond donors (Lipinski definition) is 1. The van der Waals surface area contributed by atoms with Crippen molar-refractivity contribution in [2.75, 3.05) is 5.32 Å². The second-order valence-electron chi connectivity index (χ2n) is 6.92. The molecule has 1 aliphatic carbocycles. The summed E-state index contributed by atoms with van der Waals surface area (Å²) in [5.74, 6) is 1.08. The lowest BCUT2D eigenvalue weighted by molar-refractivity contribution is -0.117. The summed E-state index contributed by atoms with van der Waals surface area (Å²) in [6.45, 7) is 2.86. The fraction of sp³-hybridized carbons (Fsp3) is 0.286. The van der Waals surface area contributed by atoms with Crippen LogP contribution < -0.4 is 5.32 Å². The number of nitrogens with zero attached hydrogens (tertiary/aromatic N) is 3. The lowest BCUT2D eigenvalue weighted by Crippen LogP contribution is -2.15. The number of anilines is 1. The SMILES string of the molecule is Cc1cccc([C@H]2C[C@@H]2C(=O)Nc2ccn(CCc3ccncc3)n2)c1. The molecule has 5 nitrogen and oxygen atoms in total. The topological polar surface area (TPSA) is 59.8 Å². The van der Waals surface area contributed by atoms with Crippen LogP contribution in [0.25, 0.3) is 0 Å². The van der Waals surface area contributed by atoms with Crippen LogP contribution in [0.3, 0.4) is 0 Å². The van der Waals surface area contributed by atoms with E-state index in [0.29, 0.717) is 11.7 Å². The summed E-state index contributed by atoms with van der Waals surface area (Å²) in [5.41, 5.74) is 3.72. The van der Waals surface area contributed by atoms with Gasteiger partial charge in [-0.25, -0.2) is 0 Å². The zero-order valence-corrected chi connectivity index (χ0v) is 14.8. The van der Waals surface area contributed by atoms with E-state index in [0.717, 1.165) is 19.4 Å². The average molecular weight is 346 g/mol. The van der Waals surface area contributed by atoms with E-state index >= 15 is 0 Å². The quantitative estimate of drug-likeness (QED) is 0.742. The lowest BCUT2D eigenvalue weighted by Gasteiger charge is -2.04. The Morgan fingerprint density at radius 3 is 2.88 bits per heavy atom. The molecule has 4 rings (SSSR count). The number of carbonyl (C=O) groups excluding carboxylic acids is 1. The van der Waals surface area contributed by atoms with Crippen LogP contribution in [-0.2, 0) is 17.8 Å².